The Kier molecular flexibility index (Phi) is 3.34. The lowest BCUT2D eigenvalue weighted by atomic mass is 9.79. The normalized spacial score (nSPS) is 24.8. The topological polar surface area (TPSA) is 47.6 Å². The van der Waals surface area contributed by atoms with Gasteiger partial charge >= 0.3 is 7.12 Å². The van der Waals surface area contributed by atoms with Crippen LogP contribution in [0.5, 0.6) is 0 Å². The van der Waals surface area contributed by atoms with Gasteiger partial charge in [-0.25, -0.2) is 0 Å². The SMILES string of the molecule is CC1OB(c2ccc(C(=O)NC3CC3)cc2)OC1(C)C. The van der Waals surface area contributed by atoms with Gasteiger partial charge in [-0.1, -0.05) is 12.1 Å². The van der Waals surface area contributed by atoms with Crippen LogP contribution in [0.4, 0.5) is 0 Å². The van der Waals surface area contributed by atoms with Crippen molar-refractivity contribution in [3.63, 3.8) is 0 Å². The highest BCUT2D eigenvalue weighted by atomic mass is 16.7. The summed E-state index contributed by atoms with van der Waals surface area (Å²) in [6.45, 7) is 6.06. The van der Waals surface area contributed by atoms with E-state index < -0.39 is 0 Å². The van der Waals surface area contributed by atoms with Gasteiger partial charge in [0.15, 0.2) is 0 Å². The van der Waals surface area contributed by atoms with Gasteiger partial charge in [-0.05, 0) is 51.2 Å². The number of nitrogens with one attached hydrogen (secondary N) is 1. The lowest BCUT2D eigenvalue weighted by Gasteiger charge is -2.21. The summed E-state index contributed by atoms with van der Waals surface area (Å²) in [6.07, 6.45) is 2.24. The number of rotatable bonds is 3. The molecule has 0 radical (unpaired) electrons. The van der Waals surface area contributed by atoms with Gasteiger partial charge in [0.05, 0.1) is 11.7 Å². The fraction of sp³-hybridized carbons (Fsp3) is 0.533. The molecule has 1 N–H and O–H groups in total. The number of amides is 1. The Bertz CT molecular complexity index is 510. The third kappa shape index (κ3) is 2.74. The first-order chi connectivity index (χ1) is 9.45. The van der Waals surface area contributed by atoms with Crippen molar-refractivity contribution in [3.05, 3.63) is 29.8 Å². The van der Waals surface area contributed by atoms with E-state index in [-0.39, 0.29) is 24.7 Å². The average Bonchev–Trinajstić information content (AvgIpc) is 3.17. The number of carbonyl (C=O) groups is 1. The summed E-state index contributed by atoms with van der Waals surface area (Å²) < 4.78 is 11.7. The Morgan fingerprint density at radius 3 is 2.45 bits per heavy atom. The van der Waals surface area contributed by atoms with Crippen molar-refractivity contribution in [2.24, 2.45) is 0 Å². The molecule has 20 heavy (non-hydrogen) atoms. The van der Waals surface area contributed by atoms with E-state index in [1.807, 2.05) is 45.0 Å². The third-order valence-corrected chi connectivity index (χ3v) is 4.08. The highest BCUT2D eigenvalue weighted by molar-refractivity contribution is 6.62. The Morgan fingerprint density at radius 1 is 1.30 bits per heavy atom. The predicted octanol–water partition coefficient (Wildman–Crippen LogP) is 1.49. The second-order valence-corrected chi connectivity index (χ2v) is 6.20. The summed E-state index contributed by atoms with van der Waals surface area (Å²) in [6, 6.07) is 7.84. The molecular weight excluding hydrogens is 253 g/mol. The summed E-state index contributed by atoms with van der Waals surface area (Å²) in [5, 5.41) is 2.98. The molecule has 0 aromatic heterocycles. The van der Waals surface area contributed by atoms with Gasteiger partial charge in [0.2, 0.25) is 0 Å². The van der Waals surface area contributed by atoms with Gasteiger partial charge in [0, 0.05) is 11.6 Å². The summed E-state index contributed by atoms with van der Waals surface area (Å²) in [4.78, 5) is 11.9. The van der Waals surface area contributed by atoms with Crippen molar-refractivity contribution in [2.45, 2.75) is 51.4 Å². The quantitative estimate of drug-likeness (QED) is 0.849. The predicted molar refractivity (Wildman–Crippen MR) is 78.0 cm³/mol. The van der Waals surface area contributed by atoms with E-state index in [1.54, 1.807) is 0 Å². The molecule has 1 heterocycles. The van der Waals surface area contributed by atoms with E-state index in [9.17, 15) is 4.79 Å². The summed E-state index contributed by atoms with van der Waals surface area (Å²) in [5.41, 5.74) is 1.35. The monoisotopic (exact) mass is 273 g/mol. The lowest BCUT2D eigenvalue weighted by Crippen LogP contribution is -2.35. The molecule has 2 aliphatic rings. The minimum absolute atomic E-state index is 0.000932. The van der Waals surface area contributed by atoms with Crippen molar-refractivity contribution >= 4 is 18.5 Å². The van der Waals surface area contributed by atoms with Gasteiger partial charge < -0.3 is 14.6 Å². The maximum absolute atomic E-state index is 11.9. The first-order valence-corrected chi connectivity index (χ1v) is 7.20. The van der Waals surface area contributed by atoms with Crippen LogP contribution in [0.15, 0.2) is 24.3 Å². The van der Waals surface area contributed by atoms with Gasteiger partial charge in [-0.15, -0.1) is 0 Å². The zero-order valence-corrected chi connectivity index (χ0v) is 12.2. The molecule has 4 nitrogen and oxygen atoms in total. The van der Waals surface area contributed by atoms with E-state index in [4.69, 9.17) is 9.31 Å². The van der Waals surface area contributed by atoms with E-state index in [0.717, 1.165) is 18.3 Å². The molecule has 1 atom stereocenters. The van der Waals surface area contributed by atoms with Crippen LogP contribution in [0.25, 0.3) is 0 Å². The van der Waals surface area contributed by atoms with Crippen LogP contribution in [0, 0.1) is 0 Å². The van der Waals surface area contributed by atoms with E-state index >= 15 is 0 Å². The van der Waals surface area contributed by atoms with Crippen molar-refractivity contribution in [1.82, 2.24) is 5.32 Å². The van der Waals surface area contributed by atoms with Crippen molar-refractivity contribution in [1.29, 1.82) is 0 Å². The second-order valence-electron chi connectivity index (χ2n) is 6.20. The molecule has 5 heteroatoms. The van der Waals surface area contributed by atoms with Crippen LogP contribution in [-0.2, 0) is 9.31 Å². The first-order valence-electron chi connectivity index (χ1n) is 7.20. The van der Waals surface area contributed by atoms with Crippen LogP contribution in [0.1, 0.15) is 44.0 Å². The largest absolute Gasteiger partial charge is 0.494 e. The first kappa shape index (κ1) is 13.6. The highest BCUT2D eigenvalue weighted by Gasteiger charge is 2.43. The Hall–Kier alpha value is -1.33. The Labute approximate surface area is 120 Å². The fourth-order valence-electron chi connectivity index (χ4n) is 2.18. The van der Waals surface area contributed by atoms with Crippen molar-refractivity contribution < 1.29 is 14.1 Å². The summed E-state index contributed by atoms with van der Waals surface area (Å²) in [7, 11) is -0.347. The van der Waals surface area contributed by atoms with Crippen LogP contribution in [0.2, 0.25) is 0 Å². The van der Waals surface area contributed by atoms with Gasteiger partial charge in [-0.2, -0.15) is 0 Å². The van der Waals surface area contributed by atoms with Crippen LogP contribution in [-0.4, -0.2) is 30.8 Å². The van der Waals surface area contributed by atoms with Gasteiger partial charge in [0.25, 0.3) is 5.91 Å². The Morgan fingerprint density at radius 2 is 1.95 bits per heavy atom. The maximum Gasteiger partial charge on any atom is 0.494 e. The van der Waals surface area contributed by atoms with Crippen LogP contribution < -0.4 is 10.8 Å². The third-order valence-electron chi connectivity index (χ3n) is 4.08. The van der Waals surface area contributed by atoms with Crippen LogP contribution >= 0.6 is 0 Å². The minimum Gasteiger partial charge on any atom is -0.402 e. The zero-order valence-electron chi connectivity index (χ0n) is 12.2. The maximum atomic E-state index is 11.9. The molecule has 1 amide bonds. The molecule has 3 rings (SSSR count). The lowest BCUT2D eigenvalue weighted by molar-refractivity contribution is 0.0842. The molecule has 1 aliphatic heterocycles. The van der Waals surface area contributed by atoms with E-state index in [2.05, 4.69) is 5.32 Å². The van der Waals surface area contributed by atoms with Gasteiger partial charge in [0.1, 0.15) is 0 Å². The van der Waals surface area contributed by atoms with Crippen molar-refractivity contribution in [3.8, 4) is 0 Å². The molecule has 1 aliphatic carbocycles. The average molecular weight is 273 g/mol. The number of hydrogen-bond acceptors (Lipinski definition) is 3. The van der Waals surface area contributed by atoms with E-state index in [0.29, 0.717) is 11.6 Å². The fourth-order valence-corrected chi connectivity index (χ4v) is 2.18. The van der Waals surface area contributed by atoms with Gasteiger partial charge in [-0.3, -0.25) is 4.79 Å². The standard InChI is InChI=1S/C15H20BNO3/c1-10-15(2,3)20-16(19-10)12-6-4-11(5-7-12)14(18)17-13-8-9-13/h4-7,10,13H,8-9H2,1-3H3,(H,17,18). The molecular formula is C15H20BNO3. The van der Waals surface area contributed by atoms with Crippen LogP contribution in [0.3, 0.4) is 0 Å². The molecule has 1 saturated carbocycles. The molecule has 0 spiro atoms. The van der Waals surface area contributed by atoms with E-state index in [1.165, 1.54) is 0 Å². The molecule has 1 aromatic carbocycles. The number of benzene rings is 1. The zero-order chi connectivity index (χ0) is 14.3. The second kappa shape index (κ2) is 4.90. The molecule has 0 bridgehead atoms. The number of carbonyl (C=O) groups excluding carboxylic acids is 1. The number of hydrogen-bond donors (Lipinski definition) is 1. The molecule has 2 fully saturated rings. The summed E-state index contributed by atoms with van der Waals surface area (Å²) in [5.74, 6) is 0.000932. The molecule has 1 saturated heterocycles. The highest BCUT2D eigenvalue weighted by Crippen LogP contribution is 2.26. The van der Waals surface area contributed by atoms with Crippen molar-refractivity contribution in [2.75, 3.05) is 0 Å². The molecule has 1 unspecified atom stereocenters. The summed E-state index contributed by atoms with van der Waals surface area (Å²) >= 11 is 0. The Balaban J connectivity index is 1.68. The smallest absolute Gasteiger partial charge is 0.402 e. The minimum atomic E-state index is -0.347. The molecule has 1 aromatic rings. The molecule has 106 valence electrons.